The van der Waals surface area contributed by atoms with Crippen molar-refractivity contribution < 1.29 is 5.11 Å². The van der Waals surface area contributed by atoms with E-state index in [1.165, 1.54) is 6.33 Å². The Morgan fingerprint density at radius 2 is 2.31 bits per heavy atom. The van der Waals surface area contributed by atoms with Gasteiger partial charge in [0, 0.05) is 6.42 Å². The summed E-state index contributed by atoms with van der Waals surface area (Å²) in [5.41, 5.74) is 6.26. The van der Waals surface area contributed by atoms with Crippen LogP contribution < -0.4 is 5.73 Å². The highest BCUT2D eigenvalue weighted by Gasteiger charge is 2.05. The maximum absolute atomic E-state index is 8.74. The van der Waals surface area contributed by atoms with E-state index in [-0.39, 0.29) is 6.61 Å². The van der Waals surface area contributed by atoms with Crippen LogP contribution in [-0.4, -0.2) is 31.3 Å². The summed E-state index contributed by atoms with van der Waals surface area (Å²) in [7, 11) is 0. The molecule has 0 aliphatic heterocycles. The number of rotatable bonds is 2. The van der Waals surface area contributed by atoms with E-state index in [1.807, 2.05) is 0 Å². The van der Waals surface area contributed by atoms with Crippen molar-refractivity contribution in [1.29, 1.82) is 0 Å². The van der Waals surface area contributed by atoms with Crippen LogP contribution in [0, 0.1) is 0 Å². The number of hydrogen-bond acceptors (Lipinski definition) is 5. The standard InChI is InChI=1S/C7H9N5O/c8-7-5-3-9-6(1-2-13)12(5)11-4-10-7/h3-4,13H,1-2H2,(H2,8,10,11). The molecule has 0 saturated heterocycles. The summed E-state index contributed by atoms with van der Waals surface area (Å²) in [6, 6.07) is 0. The second-order valence-electron chi connectivity index (χ2n) is 2.59. The van der Waals surface area contributed by atoms with Crippen molar-refractivity contribution in [3.8, 4) is 0 Å². The molecule has 0 saturated carbocycles. The fraction of sp³-hybridized carbons (Fsp3) is 0.286. The van der Waals surface area contributed by atoms with Gasteiger partial charge >= 0.3 is 0 Å². The lowest BCUT2D eigenvalue weighted by molar-refractivity contribution is 0.296. The highest BCUT2D eigenvalue weighted by molar-refractivity contribution is 5.63. The van der Waals surface area contributed by atoms with Crippen LogP contribution >= 0.6 is 0 Å². The minimum absolute atomic E-state index is 0.0447. The molecule has 13 heavy (non-hydrogen) atoms. The quantitative estimate of drug-likeness (QED) is 0.632. The van der Waals surface area contributed by atoms with Crippen LogP contribution in [0.15, 0.2) is 12.5 Å². The zero-order valence-corrected chi connectivity index (χ0v) is 6.88. The Morgan fingerprint density at radius 3 is 3.08 bits per heavy atom. The molecule has 0 fully saturated rings. The topological polar surface area (TPSA) is 89.3 Å². The number of hydrogen-bond donors (Lipinski definition) is 2. The third-order valence-corrected chi connectivity index (χ3v) is 1.77. The van der Waals surface area contributed by atoms with Gasteiger partial charge in [0.05, 0.1) is 12.8 Å². The van der Waals surface area contributed by atoms with Gasteiger partial charge in [0.15, 0.2) is 5.82 Å². The molecular formula is C7H9N5O. The van der Waals surface area contributed by atoms with Crippen LogP contribution in [-0.2, 0) is 6.42 Å². The van der Waals surface area contributed by atoms with Gasteiger partial charge < -0.3 is 10.8 Å². The molecule has 2 rings (SSSR count). The average molecular weight is 179 g/mol. The number of anilines is 1. The van der Waals surface area contributed by atoms with Gasteiger partial charge in [-0.1, -0.05) is 0 Å². The second kappa shape index (κ2) is 2.98. The maximum Gasteiger partial charge on any atom is 0.153 e. The summed E-state index contributed by atoms with van der Waals surface area (Å²) >= 11 is 0. The van der Waals surface area contributed by atoms with E-state index in [0.29, 0.717) is 23.6 Å². The van der Waals surface area contributed by atoms with Gasteiger partial charge in [0.2, 0.25) is 0 Å². The molecule has 6 heteroatoms. The van der Waals surface area contributed by atoms with Crippen LogP contribution in [0.2, 0.25) is 0 Å². The van der Waals surface area contributed by atoms with Crippen molar-refractivity contribution in [2.24, 2.45) is 0 Å². The van der Waals surface area contributed by atoms with E-state index in [1.54, 1.807) is 10.7 Å². The molecule has 3 N–H and O–H groups in total. The number of nitrogen functional groups attached to an aromatic ring is 1. The predicted octanol–water partition coefficient (Wildman–Crippen LogP) is -0.759. The smallest absolute Gasteiger partial charge is 0.153 e. The first-order valence-corrected chi connectivity index (χ1v) is 3.87. The first kappa shape index (κ1) is 7.93. The van der Waals surface area contributed by atoms with Crippen LogP contribution in [0.5, 0.6) is 0 Å². The van der Waals surface area contributed by atoms with Crippen LogP contribution in [0.4, 0.5) is 5.82 Å². The van der Waals surface area contributed by atoms with Crippen LogP contribution in [0.3, 0.4) is 0 Å². The summed E-state index contributed by atoms with van der Waals surface area (Å²) < 4.78 is 1.58. The number of imidazole rings is 1. The molecule has 0 aromatic carbocycles. The fourth-order valence-corrected chi connectivity index (χ4v) is 1.16. The van der Waals surface area contributed by atoms with E-state index in [0.717, 1.165) is 0 Å². The van der Waals surface area contributed by atoms with Crippen molar-refractivity contribution in [3.05, 3.63) is 18.3 Å². The highest BCUT2D eigenvalue weighted by atomic mass is 16.3. The van der Waals surface area contributed by atoms with E-state index >= 15 is 0 Å². The highest BCUT2D eigenvalue weighted by Crippen LogP contribution is 2.09. The third kappa shape index (κ3) is 1.20. The lowest BCUT2D eigenvalue weighted by Crippen LogP contribution is -2.03. The van der Waals surface area contributed by atoms with Crippen molar-refractivity contribution in [1.82, 2.24) is 19.6 Å². The number of fused-ring (bicyclic) bond motifs is 1. The maximum atomic E-state index is 8.74. The Hall–Kier alpha value is -1.69. The van der Waals surface area contributed by atoms with Gasteiger partial charge in [-0.25, -0.2) is 14.5 Å². The van der Waals surface area contributed by atoms with E-state index < -0.39 is 0 Å². The zero-order chi connectivity index (χ0) is 9.26. The van der Waals surface area contributed by atoms with Gasteiger partial charge in [0.25, 0.3) is 0 Å². The number of aromatic nitrogens is 4. The summed E-state index contributed by atoms with van der Waals surface area (Å²) in [6.07, 6.45) is 3.43. The molecule has 68 valence electrons. The molecule has 2 aromatic rings. The van der Waals surface area contributed by atoms with Crippen LogP contribution in [0.25, 0.3) is 5.52 Å². The Bertz CT molecular complexity index is 424. The van der Waals surface area contributed by atoms with Crippen molar-refractivity contribution in [3.63, 3.8) is 0 Å². The second-order valence-corrected chi connectivity index (χ2v) is 2.59. The van der Waals surface area contributed by atoms with Gasteiger partial charge in [-0.3, -0.25) is 0 Å². The number of nitrogens with zero attached hydrogens (tertiary/aromatic N) is 4. The minimum atomic E-state index is 0.0447. The summed E-state index contributed by atoms with van der Waals surface area (Å²) in [5, 5.41) is 12.7. The first-order chi connectivity index (χ1) is 6.33. The molecule has 0 aliphatic rings. The van der Waals surface area contributed by atoms with E-state index in [9.17, 15) is 0 Å². The number of aliphatic hydroxyl groups excluding tert-OH is 1. The monoisotopic (exact) mass is 179 g/mol. The molecule has 6 nitrogen and oxygen atoms in total. The fourth-order valence-electron chi connectivity index (χ4n) is 1.16. The van der Waals surface area contributed by atoms with Gasteiger partial charge in [0.1, 0.15) is 17.7 Å². The van der Waals surface area contributed by atoms with Gasteiger partial charge in [-0.05, 0) is 0 Å². The van der Waals surface area contributed by atoms with Crippen LogP contribution in [0.1, 0.15) is 5.82 Å². The lowest BCUT2D eigenvalue weighted by Gasteiger charge is -1.97. The average Bonchev–Trinajstić information content (AvgIpc) is 2.51. The SMILES string of the molecule is Nc1ncnn2c(CCO)ncc12. The summed E-state index contributed by atoms with van der Waals surface area (Å²) in [5.74, 6) is 1.08. The molecule has 0 spiro atoms. The third-order valence-electron chi connectivity index (χ3n) is 1.77. The Morgan fingerprint density at radius 1 is 1.46 bits per heavy atom. The summed E-state index contributed by atoms with van der Waals surface area (Å²) in [6.45, 7) is 0.0447. The minimum Gasteiger partial charge on any atom is -0.396 e. The van der Waals surface area contributed by atoms with Gasteiger partial charge in [-0.15, -0.1) is 0 Å². The normalized spacial score (nSPS) is 10.8. The number of aliphatic hydroxyl groups is 1. The molecule has 2 aromatic heterocycles. The summed E-state index contributed by atoms with van der Waals surface area (Å²) in [4.78, 5) is 7.89. The van der Waals surface area contributed by atoms with E-state index in [2.05, 4.69) is 15.1 Å². The van der Waals surface area contributed by atoms with Crippen molar-refractivity contribution >= 4 is 11.3 Å². The van der Waals surface area contributed by atoms with Gasteiger partial charge in [-0.2, -0.15) is 5.10 Å². The predicted molar refractivity (Wildman–Crippen MR) is 46.0 cm³/mol. The van der Waals surface area contributed by atoms with Crippen molar-refractivity contribution in [2.45, 2.75) is 6.42 Å². The molecule has 0 bridgehead atoms. The van der Waals surface area contributed by atoms with E-state index in [4.69, 9.17) is 10.8 Å². The molecule has 0 unspecified atom stereocenters. The molecule has 0 atom stereocenters. The molecule has 0 radical (unpaired) electrons. The Labute approximate surface area is 74.0 Å². The largest absolute Gasteiger partial charge is 0.396 e. The Kier molecular flexibility index (Phi) is 1.82. The molecular weight excluding hydrogens is 170 g/mol. The molecule has 0 aliphatic carbocycles. The zero-order valence-electron chi connectivity index (χ0n) is 6.88. The number of nitrogens with two attached hydrogens (primary N) is 1. The van der Waals surface area contributed by atoms with Crippen molar-refractivity contribution in [2.75, 3.05) is 12.3 Å². The lowest BCUT2D eigenvalue weighted by atomic mass is 10.4. The molecule has 0 amide bonds. The first-order valence-electron chi connectivity index (χ1n) is 3.87. The Balaban J connectivity index is 2.61. The molecule has 2 heterocycles.